The third-order valence-electron chi connectivity index (χ3n) is 3.78. The molecule has 1 heterocycles. The summed E-state index contributed by atoms with van der Waals surface area (Å²) in [6.45, 7) is 5.70. The fraction of sp³-hybridized carbons (Fsp3) is 0.588. The summed E-state index contributed by atoms with van der Waals surface area (Å²) in [5.41, 5.74) is 1.11. The Morgan fingerprint density at radius 1 is 1.20 bits per heavy atom. The number of hydrogen-bond acceptors (Lipinski definition) is 3. The maximum absolute atomic E-state index is 11.7. The highest BCUT2D eigenvalue weighted by atomic mass is 16.5. The largest absolute Gasteiger partial charge is 0.427 e. The Balaban J connectivity index is 1.55. The lowest BCUT2D eigenvalue weighted by molar-refractivity contribution is -0.134. The molecule has 1 saturated heterocycles. The number of rotatable bonds is 7. The predicted molar refractivity (Wildman–Crippen MR) is 81.0 cm³/mol. The molecule has 1 aliphatic heterocycles. The second kappa shape index (κ2) is 8.05. The van der Waals surface area contributed by atoms with Crippen LogP contribution in [-0.2, 0) is 4.79 Å². The summed E-state index contributed by atoms with van der Waals surface area (Å²) in [6.07, 6.45) is 6.45. The van der Waals surface area contributed by atoms with Crippen LogP contribution in [0.4, 0.5) is 0 Å². The van der Waals surface area contributed by atoms with Crippen LogP contribution in [0, 0.1) is 6.92 Å². The highest BCUT2D eigenvalue weighted by Crippen LogP contribution is 2.14. The molecule has 2 rings (SSSR count). The van der Waals surface area contributed by atoms with Gasteiger partial charge in [0.15, 0.2) is 0 Å². The smallest absolute Gasteiger partial charge is 0.311 e. The lowest BCUT2D eigenvalue weighted by Crippen LogP contribution is -2.20. The van der Waals surface area contributed by atoms with Crippen LogP contribution < -0.4 is 4.74 Å². The number of unbranched alkanes of at least 4 members (excludes halogenated alkanes) is 2. The minimum Gasteiger partial charge on any atom is -0.427 e. The van der Waals surface area contributed by atoms with Gasteiger partial charge in [0.05, 0.1) is 0 Å². The molecule has 0 saturated carbocycles. The standard InChI is InChI=1S/C17H25NO2/c1-15-8-7-9-16(14-15)20-17(19)10-3-2-4-11-18-12-5-6-13-18/h7-9,14H,2-6,10-13H2,1H3. The lowest BCUT2D eigenvalue weighted by atomic mass is 10.2. The van der Waals surface area contributed by atoms with Gasteiger partial charge in [-0.2, -0.15) is 0 Å². The molecule has 0 radical (unpaired) electrons. The van der Waals surface area contributed by atoms with Crippen molar-refractivity contribution in [3.05, 3.63) is 29.8 Å². The van der Waals surface area contributed by atoms with E-state index in [4.69, 9.17) is 4.74 Å². The van der Waals surface area contributed by atoms with Crippen LogP contribution in [0.3, 0.4) is 0 Å². The van der Waals surface area contributed by atoms with Crippen molar-refractivity contribution in [3.8, 4) is 5.75 Å². The topological polar surface area (TPSA) is 29.5 Å². The minimum atomic E-state index is -0.114. The average Bonchev–Trinajstić information content (AvgIpc) is 2.91. The molecule has 1 aliphatic rings. The van der Waals surface area contributed by atoms with Gasteiger partial charge in [-0.15, -0.1) is 0 Å². The normalized spacial score (nSPS) is 15.4. The van der Waals surface area contributed by atoms with E-state index < -0.39 is 0 Å². The SMILES string of the molecule is Cc1cccc(OC(=O)CCCCCN2CCCC2)c1. The number of carbonyl (C=O) groups excluding carboxylic acids is 1. The van der Waals surface area contributed by atoms with E-state index in [0.29, 0.717) is 12.2 Å². The number of hydrogen-bond donors (Lipinski definition) is 0. The number of nitrogens with zero attached hydrogens (tertiary/aromatic N) is 1. The van der Waals surface area contributed by atoms with E-state index in [9.17, 15) is 4.79 Å². The zero-order chi connectivity index (χ0) is 14.2. The summed E-state index contributed by atoms with van der Waals surface area (Å²) in [6, 6.07) is 7.63. The minimum absolute atomic E-state index is 0.114. The van der Waals surface area contributed by atoms with Crippen molar-refractivity contribution >= 4 is 5.97 Å². The Bertz CT molecular complexity index is 425. The summed E-state index contributed by atoms with van der Waals surface area (Å²) in [5.74, 6) is 0.545. The van der Waals surface area contributed by atoms with Crippen LogP contribution in [0.1, 0.15) is 44.1 Å². The molecule has 0 amide bonds. The van der Waals surface area contributed by atoms with Gasteiger partial charge in [0.2, 0.25) is 0 Å². The highest BCUT2D eigenvalue weighted by molar-refractivity contribution is 5.72. The summed E-state index contributed by atoms with van der Waals surface area (Å²) in [4.78, 5) is 14.2. The van der Waals surface area contributed by atoms with Crippen molar-refractivity contribution in [2.24, 2.45) is 0 Å². The van der Waals surface area contributed by atoms with Crippen molar-refractivity contribution in [1.82, 2.24) is 4.90 Å². The lowest BCUT2D eigenvalue weighted by Gasteiger charge is -2.13. The summed E-state index contributed by atoms with van der Waals surface area (Å²) >= 11 is 0. The van der Waals surface area contributed by atoms with Gasteiger partial charge in [-0.25, -0.2) is 0 Å². The zero-order valence-electron chi connectivity index (χ0n) is 12.4. The average molecular weight is 275 g/mol. The maximum atomic E-state index is 11.7. The van der Waals surface area contributed by atoms with E-state index in [1.807, 2.05) is 31.2 Å². The molecule has 0 spiro atoms. The Labute approximate surface area is 121 Å². The van der Waals surface area contributed by atoms with Gasteiger partial charge in [-0.3, -0.25) is 4.79 Å². The van der Waals surface area contributed by atoms with Gasteiger partial charge < -0.3 is 9.64 Å². The van der Waals surface area contributed by atoms with Gasteiger partial charge in [0.25, 0.3) is 0 Å². The summed E-state index contributed by atoms with van der Waals surface area (Å²) < 4.78 is 5.33. The first-order valence-electron chi connectivity index (χ1n) is 7.74. The second-order valence-corrected chi connectivity index (χ2v) is 5.65. The van der Waals surface area contributed by atoms with Gasteiger partial charge >= 0.3 is 5.97 Å². The first-order chi connectivity index (χ1) is 9.74. The Hall–Kier alpha value is -1.35. The highest BCUT2D eigenvalue weighted by Gasteiger charge is 2.10. The molecular formula is C17H25NO2. The van der Waals surface area contributed by atoms with Gasteiger partial charge in [0.1, 0.15) is 5.75 Å². The Kier molecular flexibility index (Phi) is 6.06. The third-order valence-corrected chi connectivity index (χ3v) is 3.78. The van der Waals surface area contributed by atoms with Crippen molar-refractivity contribution in [2.75, 3.05) is 19.6 Å². The van der Waals surface area contributed by atoms with E-state index in [2.05, 4.69) is 4.90 Å². The first kappa shape index (κ1) is 15.0. The number of ether oxygens (including phenoxy) is 1. The molecule has 20 heavy (non-hydrogen) atoms. The number of aryl methyl sites for hydroxylation is 1. The molecule has 0 aromatic heterocycles. The first-order valence-corrected chi connectivity index (χ1v) is 7.74. The summed E-state index contributed by atoms with van der Waals surface area (Å²) in [5, 5.41) is 0. The molecule has 3 nitrogen and oxygen atoms in total. The van der Waals surface area contributed by atoms with E-state index in [0.717, 1.165) is 18.4 Å². The van der Waals surface area contributed by atoms with Crippen LogP contribution in [0.5, 0.6) is 5.75 Å². The van der Waals surface area contributed by atoms with Crippen molar-refractivity contribution < 1.29 is 9.53 Å². The van der Waals surface area contributed by atoms with Crippen LogP contribution >= 0.6 is 0 Å². The number of esters is 1. The van der Waals surface area contributed by atoms with Crippen molar-refractivity contribution in [2.45, 2.75) is 45.4 Å². The van der Waals surface area contributed by atoms with Crippen LogP contribution in [-0.4, -0.2) is 30.5 Å². The summed E-state index contributed by atoms with van der Waals surface area (Å²) in [7, 11) is 0. The number of benzene rings is 1. The molecule has 0 unspecified atom stereocenters. The predicted octanol–water partition coefficient (Wildman–Crippen LogP) is 3.56. The number of likely N-dealkylation sites (tertiary alicyclic amines) is 1. The van der Waals surface area contributed by atoms with E-state index in [1.165, 1.54) is 38.9 Å². The molecule has 3 heteroatoms. The maximum Gasteiger partial charge on any atom is 0.311 e. The van der Waals surface area contributed by atoms with Crippen LogP contribution in [0.2, 0.25) is 0 Å². The molecule has 1 aromatic carbocycles. The fourth-order valence-electron chi connectivity index (χ4n) is 2.65. The molecule has 0 aliphatic carbocycles. The molecule has 110 valence electrons. The molecule has 0 N–H and O–H groups in total. The molecular weight excluding hydrogens is 250 g/mol. The monoisotopic (exact) mass is 275 g/mol. The number of carbonyl (C=O) groups is 1. The fourth-order valence-corrected chi connectivity index (χ4v) is 2.65. The molecule has 1 aromatic rings. The van der Waals surface area contributed by atoms with E-state index in [1.54, 1.807) is 0 Å². The molecule has 0 atom stereocenters. The second-order valence-electron chi connectivity index (χ2n) is 5.65. The third kappa shape index (κ3) is 5.33. The van der Waals surface area contributed by atoms with Gasteiger partial charge in [0, 0.05) is 6.42 Å². The Morgan fingerprint density at radius 3 is 2.75 bits per heavy atom. The molecule has 1 fully saturated rings. The van der Waals surface area contributed by atoms with Crippen molar-refractivity contribution in [1.29, 1.82) is 0 Å². The Morgan fingerprint density at radius 2 is 2.00 bits per heavy atom. The molecule has 0 bridgehead atoms. The van der Waals surface area contributed by atoms with Crippen LogP contribution in [0.15, 0.2) is 24.3 Å². The van der Waals surface area contributed by atoms with Gasteiger partial charge in [-0.1, -0.05) is 18.6 Å². The van der Waals surface area contributed by atoms with E-state index >= 15 is 0 Å². The van der Waals surface area contributed by atoms with E-state index in [-0.39, 0.29) is 5.97 Å². The van der Waals surface area contributed by atoms with Crippen molar-refractivity contribution in [3.63, 3.8) is 0 Å². The van der Waals surface area contributed by atoms with Crippen LogP contribution in [0.25, 0.3) is 0 Å². The quantitative estimate of drug-likeness (QED) is 0.433. The zero-order valence-corrected chi connectivity index (χ0v) is 12.4. The van der Waals surface area contributed by atoms with Gasteiger partial charge in [-0.05, 0) is 69.9 Å².